The van der Waals surface area contributed by atoms with Gasteiger partial charge in [-0.15, -0.1) is 0 Å². The Bertz CT molecular complexity index is 439. The maximum absolute atomic E-state index is 6.38. The number of rotatable bonds is 5. The molecule has 0 amide bonds. The van der Waals surface area contributed by atoms with Gasteiger partial charge in [0.25, 0.3) is 0 Å². The van der Waals surface area contributed by atoms with E-state index in [1.807, 2.05) is 0 Å². The quantitative estimate of drug-likeness (QED) is 0.906. The van der Waals surface area contributed by atoms with Crippen LogP contribution in [0.3, 0.4) is 0 Å². The minimum absolute atomic E-state index is 0.0565. The van der Waals surface area contributed by atoms with Crippen LogP contribution in [-0.4, -0.2) is 36.7 Å². The van der Waals surface area contributed by atoms with Crippen molar-refractivity contribution in [2.24, 2.45) is 11.7 Å². The number of benzene rings is 1. The van der Waals surface area contributed by atoms with Gasteiger partial charge in [-0.25, -0.2) is 0 Å². The van der Waals surface area contributed by atoms with Gasteiger partial charge in [-0.3, -0.25) is 4.90 Å². The molecule has 0 radical (unpaired) electrons. The highest BCUT2D eigenvalue weighted by atomic mass is 16.5. The number of morpholine rings is 1. The van der Waals surface area contributed by atoms with Crippen molar-refractivity contribution in [1.82, 2.24) is 4.90 Å². The van der Waals surface area contributed by atoms with Crippen molar-refractivity contribution < 1.29 is 4.74 Å². The summed E-state index contributed by atoms with van der Waals surface area (Å²) in [4.78, 5) is 2.41. The fourth-order valence-corrected chi connectivity index (χ4v) is 3.03. The van der Waals surface area contributed by atoms with E-state index in [1.54, 1.807) is 0 Å². The molecule has 1 saturated heterocycles. The lowest BCUT2D eigenvalue weighted by molar-refractivity contribution is -0.0869. The molecule has 2 N–H and O–H groups in total. The molecule has 2 rings (SSSR count). The summed E-state index contributed by atoms with van der Waals surface area (Å²) >= 11 is 0. The lowest BCUT2D eigenvalue weighted by atomic mass is 9.99. The van der Waals surface area contributed by atoms with E-state index in [-0.39, 0.29) is 11.6 Å². The van der Waals surface area contributed by atoms with Gasteiger partial charge in [0, 0.05) is 25.7 Å². The zero-order valence-corrected chi connectivity index (χ0v) is 13.9. The Balaban J connectivity index is 1.92. The molecule has 0 aromatic heterocycles. The molecular weight excluding hydrogens is 260 g/mol. The molecule has 0 bridgehead atoms. The van der Waals surface area contributed by atoms with Crippen LogP contribution in [0.25, 0.3) is 0 Å². The molecule has 1 aromatic carbocycles. The normalized spacial score (nSPS) is 20.7. The molecule has 1 aliphatic heterocycles. The van der Waals surface area contributed by atoms with Gasteiger partial charge in [0.15, 0.2) is 0 Å². The second-order valence-corrected chi connectivity index (χ2v) is 7.29. The predicted octanol–water partition coefficient (Wildman–Crippen LogP) is 3.00. The fourth-order valence-electron chi connectivity index (χ4n) is 3.03. The van der Waals surface area contributed by atoms with E-state index in [0.29, 0.717) is 5.92 Å². The zero-order chi connectivity index (χ0) is 15.5. The Kier molecular flexibility index (Phi) is 5.42. The zero-order valence-electron chi connectivity index (χ0n) is 13.9. The molecule has 0 aliphatic carbocycles. The number of nitrogens with two attached hydrogens (primary N) is 1. The SMILES string of the molecule is CC(C)Cc1ccc(C(N)CN2CCOC(C)(C)C2)cc1. The van der Waals surface area contributed by atoms with Crippen molar-refractivity contribution in [2.45, 2.75) is 45.8 Å². The van der Waals surface area contributed by atoms with Gasteiger partial charge < -0.3 is 10.5 Å². The van der Waals surface area contributed by atoms with E-state index >= 15 is 0 Å². The lowest BCUT2D eigenvalue weighted by Crippen LogP contribution is -2.50. The second kappa shape index (κ2) is 6.91. The predicted molar refractivity (Wildman–Crippen MR) is 88.4 cm³/mol. The van der Waals surface area contributed by atoms with Gasteiger partial charge in [-0.05, 0) is 37.3 Å². The molecule has 1 fully saturated rings. The molecular formula is C18H30N2O. The molecule has 118 valence electrons. The maximum Gasteiger partial charge on any atom is 0.0753 e. The third kappa shape index (κ3) is 5.10. The number of hydrogen-bond donors (Lipinski definition) is 1. The second-order valence-electron chi connectivity index (χ2n) is 7.29. The van der Waals surface area contributed by atoms with Gasteiger partial charge in [-0.2, -0.15) is 0 Å². The monoisotopic (exact) mass is 290 g/mol. The molecule has 1 aliphatic rings. The molecule has 3 nitrogen and oxygen atoms in total. The van der Waals surface area contributed by atoms with Crippen LogP contribution >= 0.6 is 0 Å². The molecule has 21 heavy (non-hydrogen) atoms. The summed E-state index contributed by atoms with van der Waals surface area (Å²) in [6, 6.07) is 8.89. The summed E-state index contributed by atoms with van der Waals surface area (Å²) in [7, 11) is 0. The van der Waals surface area contributed by atoms with Crippen LogP contribution in [0.4, 0.5) is 0 Å². The van der Waals surface area contributed by atoms with Crippen molar-refractivity contribution in [3.8, 4) is 0 Å². The van der Waals surface area contributed by atoms with Gasteiger partial charge >= 0.3 is 0 Å². The Morgan fingerprint density at radius 3 is 2.48 bits per heavy atom. The van der Waals surface area contributed by atoms with Crippen LogP contribution in [0.5, 0.6) is 0 Å². The van der Waals surface area contributed by atoms with Crippen LogP contribution in [0.15, 0.2) is 24.3 Å². The van der Waals surface area contributed by atoms with Crippen molar-refractivity contribution >= 4 is 0 Å². The smallest absolute Gasteiger partial charge is 0.0753 e. The van der Waals surface area contributed by atoms with Crippen LogP contribution in [-0.2, 0) is 11.2 Å². The van der Waals surface area contributed by atoms with Gasteiger partial charge in [0.2, 0.25) is 0 Å². The first-order chi connectivity index (χ1) is 9.85. The third-order valence-electron chi connectivity index (χ3n) is 4.01. The van der Waals surface area contributed by atoms with Crippen LogP contribution in [0.1, 0.15) is 44.9 Å². The van der Waals surface area contributed by atoms with E-state index in [1.165, 1.54) is 11.1 Å². The molecule has 1 aromatic rings. The van der Waals surface area contributed by atoms with Crippen molar-refractivity contribution in [3.63, 3.8) is 0 Å². The topological polar surface area (TPSA) is 38.5 Å². The summed E-state index contributed by atoms with van der Waals surface area (Å²) in [5.74, 6) is 0.695. The first kappa shape index (κ1) is 16.5. The van der Waals surface area contributed by atoms with Gasteiger partial charge in [-0.1, -0.05) is 38.1 Å². The summed E-state index contributed by atoms with van der Waals surface area (Å²) < 4.78 is 5.75. The van der Waals surface area contributed by atoms with E-state index in [9.17, 15) is 0 Å². The maximum atomic E-state index is 6.38. The van der Waals surface area contributed by atoms with Gasteiger partial charge in [0.05, 0.1) is 12.2 Å². The Morgan fingerprint density at radius 1 is 1.24 bits per heavy atom. The van der Waals surface area contributed by atoms with Crippen molar-refractivity contribution in [3.05, 3.63) is 35.4 Å². The van der Waals surface area contributed by atoms with Crippen LogP contribution < -0.4 is 5.73 Å². The Morgan fingerprint density at radius 2 is 1.90 bits per heavy atom. The highest BCUT2D eigenvalue weighted by Gasteiger charge is 2.28. The molecule has 1 unspecified atom stereocenters. The highest BCUT2D eigenvalue weighted by Crippen LogP contribution is 2.20. The number of nitrogens with zero attached hydrogens (tertiary/aromatic N) is 1. The highest BCUT2D eigenvalue weighted by molar-refractivity contribution is 5.25. The lowest BCUT2D eigenvalue weighted by Gasteiger charge is -2.39. The standard InChI is InChI=1S/C18H30N2O/c1-14(2)11-15-5-7-16(8-6-15)17(19)12-20-9-10-21-18(3,4)13-20/h5-8,14,17H,9-13,19H2,1-4H3. The minimum atomic E-state index is -0.0565. The summed E-state index contributed by atoms with van der Waals surface area (Å²) in [6.07, 6.45) is 1.13. The van der Waals surface area contributed by atoms with E-state index in [2.05, 4.69) is 56.9 Å². The fraction of sp³-hybridized carbons (Fsp3) is 0.667. The number of ether oxygens (including phenoxy) is 1. The average Bonchev–Trinajstić information content (AvgIpc) is 2.37. The van der Waals surface area contributed by atoms with Crippen molar-refractivity contribution in [2.75, 3.05) is 26.2 Å². The first-order valence-electron chi connectivity index (χ1n) is 8.06. The minimum Gasteiger partial charge on any atom is -0.373 e. The number of hydrogen-bond acceptors (Lipinski definition) is 3. The Labute approximate surface area is 129 Å². The molecule has 1 heterocycles. The van der Waals surface area contributed by atoms with E-state index in [4.69, 9.17) is 10.5 Å². The van der Waals surface area contributed by atoms with Crippen LogP contribution in [0.2, 0.25) is 0 Å². The summed E-state index contributed by atoms with van der Waals surface area (Å²) in [6.45, 7) is 12.4. The third-order valence-corrected chi connectivity index (χ3v) is 4.01. The average molecular weight is 290 g/mol. The van der Waals surface area contributed by atoms with Gasteiger partial charge in [0.1, 0.15) is 0 Å². The summed E-state index contributed by atoms with van der Waals surface area (Å²) in [5, 5.41) is 0. The van der Waals surface area contributed by atoms with E-state index in [0.717, 1.165) is 32.7 Å². The first-order valence-corrected chi connectivity index (χ1v) is 8.06. The largest absolute Gasteiger partial charge is 0.373 e. The Hall–Kier alpha value is -0.900. The molecule has 1 atom stereocenters. The summed E-state index contributed by atoms with van der Waals surface area (Å²) in [5.41, 5.74) is 8.95. The molecule has 0 saturated carbocycles. The molecule has 3 heteroatoms. The van der Waals surface area contributed by atoms with Crippen LogP contribution in [0, 0.1) is 5.92 Å². The van der Waals surface area contributed by atoms with E-state index < -0.39 is 0 Å². The molecule has 0 spiro atoms. The van der Waals surface area contributed by atoms with Crippen molar-refractivity contribution in [1.29, 1.82) is 0 Å².